The van der Waals surface area contributed by atoms with E-state index < -0.39 is 17.4 Å². The van der Waals surface area contributed by atoms with Crippen LogP contribution in [0.3, 0.4) is 0 Å². The van der Waals surface area contributed by atoms with Crippen molar-refractivity contribution in [2.24, 2.45) is 0 Å². The predicted molar refractivity (Wildman–Crippen MR) is 93.1 cm³/mol. The van der Waals surface area contributed by atoms with E-state index in [4.69, 9.17) is 4.42 Å². The Bertz CT molecular complexity index is 767. The summed E-state index contributed by atoms with van der Waals surface area (Å²) >= 11 is 0. The summed E-state index contributed by atoms with van der Waals surface area (Å²) in [6.07, 6.45) is 2.25. The highest BCUT2D eigenvalue weighted by molar-refractivity contribution is 6.40. The average molecular weight is 342 g/mol. The molecule has 132 valence electrons. The van der Waals surface area contributed by atoms with Crippen LogP contribution in [-0.2, 0) is 15.2 Å². The maximum absolute atomic E-state index is 12.6. The van der Waals surface area contributed by atoms with Crippen LogP contribution >= 0.6 is 0 Å². The second kappa shape index (κ2) is 6.72. The van der Waals surface area contributed by atoms with Gasteiger partial charge in [0.2, 0.25) is 0 Å². The minimum Gasteiger partial charge on any atom is -0.466 e. The first-order chi connectivity index (χ1) is 11.9. The molecule has 2 aromatic rings. The summed E-state index contributed by atoms with van der Waals surface area (Å²) in [6, 6.07) is 10.9. The zero-order chi connectivity index (χ0) is 18.0. The van der Waals surface area contributed by atoms with E-state index in [2.05, 4.69) is 12.2 Å². The second-order valence-electron chi connectivity index (χ2n) is 6.64. The summed E-state index contributed by atoms with van der Waals surface area (Å²) in [4.78, 5) is 26.4. The molecule has 2 atom stereocenters. The zero-order valence-electron chi connectivity index (χ0n) is 14.4. The first-order valence-corrected chi connectivity index (χ1v) is 8.35. The summed E-state index contributed by atoms with van der Waals surface area (Å²) in [7, 11) is 0. The lowest BCUT2D eigenvalue weighted by Gasteiger charge is -2.32. The van der Waals surface area contributed by atoms with Gasteiger partial charge < -0.3 is 19.7 Å². The molecule has 2 amide bonds. The molecule has 0 saturated heterocycles. The maximum atomic E-state index is 12.6. The fraction of sp³-hybridized carbons (Fsp3) is 0.368. The SMILES string of the molecule is CC1CCN(C(=O)C(=O)NCC(C)(O)c2ccco2)c2ccccc21. The Morgan fingerprint density at radius 2 is 2.08 bits per heavy atom. The monoisotopic (exact) mass is 342 g/mol. The van der Waals surface area contributed by atoms with E-state index in [0.717, 1.165) is 17.7 Å². The average Bonchev–Trinajstić information content (AvgIpc) is 3.15. The molecule has 0 radical (unpaired) electrons. The van der Waals surface area contributed by atoms with Crippen molar-refractivity contribution < 1.29 is 19.1 Å². The van der Waals surface area contributed by atoms with Gasteiger partial charge in [0.1, 0.15) is 11.4 Å². The van der Waals surface area contributed by atoms with Crippen LogP contribution in [0, 0.1) is 0 Å². The number of fused-ring (bicyclic) bond motifs is 1. The molecular weight excluding hydrogens is 320 g/mol. The van der Waals surface area contributed by atoms with Gasteiger partial charge in [-0.1, -0.05) is 25.1 Å². The fourth-order valence-electron chi connectivity index (χ4n) is 3.08. The van der Waals surface area contributed by atoms with Gasteiger partial charge in [-0.05, 0) is 43.0 Å². The Morgan fingerprint density at radius 1 is 1.32 bits per heavy atom. The van der Waals surface area contributed by atoms with E-state index in [9.17, 15) is 14.7 Å². The van der Waals surface area contributed by atoms with E-state index in [1.54, 1.807) is 12.1 Å². The molecule has 0 spiro atoms. The highest BCUT2D eigenvalue weighted by atomic mass is 16.4. The number of para-hydroxylation sites is 1. The summed E-state index contributed by atoms with van der Waals surface area (Å²) < 4.78 is 5.17. The topological polar surface area (TPSA) is 82.8 Å². The van der Waals surface area contributed by atoms with Gasteiger partial charge in [0.15, 0.2) is 0 Å². The summed E-state index contributed by atoms with van der Waals surface area (Å²) in [6.45, 7) is 4.02. The Balaban J connectivity index is 1.69. The highest BCUT2D eigenvalue weighted by Gasteiger charge is 2.32. The molecule has 1 aliphatic rings. The molecule has 3 rings (SSSR count). The molecule has 2 N–H and O–H groups in total. The van der Waals surface area contributed by atoms with Crippen molar-refractivity contribution in [1.82, 2.24) is 5.32 Å². The number of carbonyl (C=O) groups excluding carboxylic acids is 2. The molecule has 1 aromatic carbocycles. The summed E-state index contributed by atoms with van der Waals surface area (Å²) in [5.74, 6) is -0.675. The first-order valence-electron chi connectivity index (χ1n) is 8.35. The van der Waals surface area contributed by atoms with Crippen molar-refractivity contribution in [1.29, 1.82) is 0 Å². The molecule has 6 nitrogen and oxygen atoms in total. The number of nitrogens with one attached hydrogen (secondary N) is 1. The molecule has 1 aromatic heterocycles. The Labute approximate surface area is 146 Å². The number of furan rings is 1. The summed E-state index contributed by atoms with van der Waals surface area (Å²) in [5.41, 5.74) is 0.463. The van der Waals surface area contributed by atoms with Gasteiger partial charge in [-0.3, -0.25) is 9.59 Å². The smallest absolute Gasteiger partial charge is 0.316 e. The number of nitrogens with zero attached hydrogens (tertiary/aromatic N) is 1. The third-order valence-corrected chi connectivity index (χ3v) is 4.63. The molecule has 2 unspecified atom stereocenters. The van der Waals surface area contributed by atoms with Crippen LogP contribution in [0.1, 0.15) is 37.5 Å². The standard InChI is InChI=1S/C19H22N2O4/c1-13-9-10-21(15-7-4-3-6-14(13)15)18(23)17(22)20-12-19(2,24)16-8-5-11-25-16/h3-8,11,13,24H,9-10,12H2,1-2H3,(H,20,22). The first kappa shape index (κ1) is 17.2. The second-order valence-corrected chi connectivity index (χ2v) is 6.64. The molecular formula is C19H22N2O4. The minimum atomic E-state index is -1.38. The number of benzene rings is 1. The van der Waals surface area contributed by atoms with E-state index in [1.165, 1.54) is 18.1 Å². The van der Waals surface area contributed by atoms with Crippen molar-refractivity contribution in [3.05, 3.63) is 54.0 Å². The Morgan fingerprint density at radius 3 is 2.80 bits per heavy atom. The van der Waals surface area contributed by atoms with Gasteiger partial charge in [0.05, 0.1) is 12.8 Å². The van der Waals surface area contributed by atoms with E-state index in [1.807, 2.05) is 24.3 Å². The molecule has 25 heavy (non-hydrogen) atoms. The zero-order valence-corrected chi connectivity index (χ0v) is 14.4. The highest BCUT2D eigenvalue weighted by Crippen LogP contribution is 2.34. The lowest BCUT2D eigenvalue weighted by Crippen LogP contribution is -2.48. The van der Waals surface area contributed by atoms with Gasteiger partial charge in [-0.15, -0.1) is 0 Å². The summed E-state index contributed by atoms with van der Waals surface area (Å²) in [5, 5.41) is 12.9. The molecule has 0 aliphatic carbocycles. The van der Waals surface area contributed by atoms with Crippen molar-refractivity contribution in [2.75, 3.05) is 18.0 Å². The number of carbonyl (C=O) groups is 2. The number of hydrogen-bond acceptors (Lipinski definition) is 4. The van der Waals surface area contributed by atoms with Gasteiger partial charge >= 0.3 is 11.8 Å². The number of hydrogen-bond donors (Lipinski definition) is 2. The molecule has 1 aliphatic heterocycles. The number of amides is 2. The lowest BCUT2D eigenvalue weighted by atomic mass is 9.91. The molecule has 0 fully saturated rings. The largest absolute Gasteiger partial charge is 0.466 e. The van der Waals surface area contributed by atoms with Crippen molar-refractivity contribution in [3.8, 4) is 0 Å². The van der Waals surface area contributed by atoms with Crippen LogP contribution in [0.25, 0.3) is 0 Å². The Hall–Kier alpha value is -2.60. The van der Waals surface area contributed by atoms with Crippen LogP contribution in [0.4, 0.5) is 5.69 Å². The van der Waals surface area contributed by atoms with Crippen LogP contribution in [0.5, 0.6) is 0 Å². The van der Waals surface area contributed by atoms with Crippen LogP contribution in [0.2, 0.25) is 0 Å². The van der Waals surface area contributed by atoms with Gasteiger partial charge in [0.25, 0.3) is 0 Å². The molecule has 0 bridgehead atoms. The van der Waals surface area contributed by atoms with E-state index >= 15 is 0 Å². The van der Waals surface area contributed by atoms with Gasteiger partial charge in [-0.2, -0.15) is 0 Å². The number of anilines is 1. The predicted octanol–water partition coefficient (Wildman–Crippen LogP) is 2.14. The van der Waals surface area contributed by atoms with Crippen LogP contribution in [-0.4, -0.2) is 30.0 Å². The number of rotatable bonds is 3. The van der Waals surface area contributed by atoms with Crippen LogP contribution in [0.15, 0.2) is 47.1 Å². The van der Waals surface area contributed by atoms with Crippen molar-refractivity contribution in [3.63, 3.8) is 0 Å². The normalized spacial score (nSPS) is 19.0. The van der Waals surface area contributed by atoms with Crippen LogP contribution < -0.4 is 10.2 Å². The maximum Gasteiger partial charge on any atom is 0.316 e. The minimum absolute atomic E-state index is 0.114. The molecule has 2 heterocycles. The quantitative estimate of drug-likeness (QED) is 0.837. The van der Waals surface area contributed by atoms with Crippen molar-refractivity contribution in [2.45, 2.75) is 31.8 Å². The Kier molecular flexibility index (Phi) is 4.63. The third kappa shape index (κ3) is 3.44. The van der Waals surface area contributed by atoms with E-state index in [-0.39, 0.29) is 6.54 Å². The van der Waals surface area contributed by atoms with Gasteiger partial charge in [-0.25, -0.2) is 0 Å². The van der Waals surface area contributed by atoms with Crippen molar-refractivity contribution >= 4 is 17.5 Å². The van der Waals surface area contributed by atoms with Gasteiger partial charge in [0, 0.05) is 12.2 Å². The third-order valence-electron chi connectivity index (χ3n) is 4.63. The fourth-order valence-corrected chi connectivity index (χ4v) is 3.08. The lowest BCUT2D eigenvalue weighted by molar-refractivity contribution is -0.138. The molecule has 6 heteroatoms. The van der Waals surface area contributed by atoms with E-state index in [0.29, 0.717) is 18.2 Å². The number of aliphatic hydroxyl groups is 1. The molecule has 0 saturated carbocycles.